The van der Waals surface area contributed by atoms with Gasteiger partial charge >= 0.3 is 5.97 Å². The molecule has 1 saturated heterocycles. The predicted octanol–water partition coefficient (Wildman–Crippen LogP) is 2.34. The van der Waals surface area contributed by atoms with E-state index in [1.54, 1.807) is 11.0 Å². The van der Waals surface area contributed by atoms with Crippen molar-refractivity contribution in [2.75, 3.05) is 13.1 Å². The molecule has 0 spiro atoms. The van der Waals surface area contributed by atoms with E-state index in [2.05, 4.69) is 10.2 Å². The van der Waals surface area contributed by atoms with Crippen LogP contribution >= 0.6 is 22.9 Å². The summed E-state index contributed by atoms with van der Waals surface area (Å²) in [5, 5.41) is 15.8. The van der Waals surface area contributed by atoms with Gasteiger partial charge in [-0.2, -0.15) is 5.10 Å². The number of aromatic amines is 1. The van der Waals surface area contributed by atoms with Gasteiger partial charge in [0.2, 0.25) is 0 Å². The first kappa shape index (κ1) is 14.1. The van der Waals surface area contributed by atoms with Crippen LogP contribution in [0.4, 0.5) is 0 Å². The van der Waals surface area contributed by atoms with Crippen molar-refractivity contribution < 1.29 is 14.7 Å². The second kappa shape index (κ2) is 5.50. The minimum absolute atomic E-state index is 0.202. The molecule has 1 aliphatic rings. The number of aliphatic carboxylic acids is 1. The van der Waals surface area contributed by atoms with Gasteiger partial charge < -0.3 is 10.0 Å². The average molecular weight is 326 g/mol. The Morgan fingerprint density at radius 2 is 2.29 bits per heavy atom. The van der Waals surface area contributed by atoms with Crippen molar-refractivity contribution >= 4 is 34.8 Å². The number of rotatable bonds is 3. The van der Waals surface area contributed by atoms with Crippen molar-refractivity contribution in [3.8, 4) is 10.6 Å². The Morgan fingerprint density at radius 3 is 2.90 bits per heavy atom. The highest BCUT2D eigenvalue weighted by Gasteiger charge is 2.32. The number of hydrogen-bond acceptors (Lipinski definition) is 4. The normalized spacial score (nSPS) is 18.1. The number of nitrogens with one attached hydrogen (secondary N) is 1. The Bertz CT molecular complexity index is 696. The molecule has 0 aliphatic carbocycles. The highest BCUT2D eigenvalue weighted by Crippen LogP contribution is 2.32. The third kappa shape index (κ3) is 2.66. The minimum atomic E-state index is -0.859. The Hall–Kier alpha value is -1.86. The molecule has 1 atom stereocenters. The van der Waals surface area contributed by atoms with E-state index in [4.69, 9.17) is 16.7 Å². The van der Waals surface area contributed by atoms with Crippen LogP contribution in [0.5, 0.6) is 0 Å². The van der Waals surface area contributed by atoms with Gasteiger partial charge in [-0.25, -0.2) is 0 Å². The van der Waals surface area contributed by atoms with E-state index in [9.17, 15) is 9.59 Å². The standard InChI is InChI=1S/C13H12ClN3O3S/c14-10-2-1-9(21-10)11-8(5-15-16-11)12(18)17-4-3-7(6-17)13(19)20/h1-2,5,7H,3-4,6H2,(H,15,16)(H,19,20). The molecule has 110 valence electrons. The third-order valence-corrected chi connectivity index (χ3v) is 4.76. The van der Waals surface area contributed by atoms with Crippen LogP contribution in [0.2, 0.25) is 4.34 Å². The van der Waals surface area contributed by atoms with Gasteiger partial charge in [-0.3, -0.25) is 14.7 Å². The largest absolute Gasteiger partial charge is 0.481 e. The van der Waals surface area contributed by atoms with Crippen molar-refractivity contribution in [1.29, 1.82) is 0 Å². The summed E-state index contributed by atoms with van der Waals surface area (Å²) < 4.78 is 0.630. The molecule has 2 N–H and O–H groups in total. The zero-order valence-corrected chi connectivity index (χ0v) is 12.4. The summed E-state index contributed by atoms with van der Waals surface area (Å²) in [6, 6.07) is 3.58. The van der Waals surface area contributed by atoms with E-state index >= 15 is 0 Å². The molecule has 0 radical (unpaired) electrons. The lowest BCUT2D eigenvalue weighted by atomic mass is 10.1. The Labute approximate surface area is 129 Å². The second-order valence-electron chi connectivity index (χ2n) is 4.84. The van der Waals surface area contributed by atoms with E-state index in [0.29, 0.717) is 28.6 Å². The molecule has 3 rings (SSSR count). The number of nitrogens with zero attached hydrogens (tertiary/aromatic N) is 2. The van der Waals surface area contributed by atoms with Crippen LogP contribution in [0.25, 0.3) is 10.6 Å². The van der Waals surface area contributed by atoms with Crippen LogP contribution in [-0.2, 0) is 4.79 Å². The first-order valence-electron chi connectivity index (χ1n) is 6.37. The lowest BCUT2D eigenvalue weighted by molar-refractivity contribution is -0.141. The van der Waals surface area contributed by atoms with Crippen molar-refractivity contribution in [2.24, 2.45) is 5.92 Å². The monoisotopic (exact) mass is 325 g/mol. The number of aromatic nitrogens is 2. The van der Waals surface area contributed by atoms with Gasteiger partial charge in [0.1, 0.15) is 0 Å². The van der Waals surface area contributed by atoms with Gasteiger partial charge in [0.25, 0.3) is 5.91 Å². The highest BCUT2D eigenvalue weighted by atomic mass is 35.5. The number of H-pyrrole nitrogens is 1. The van der Waals surface area contributed by atoms with E-state index in [1.807, 2.05) is 6.07 Å². The number of hydrogen-bond donors (Lipinski definition) is 2. The number of carboxylic acids is 1. The van der Waals surface area contributed by atoms with Crippen molar-refractivity contribution in [3.63, 3.8) is 0 Å². The molecule has 8 heteroatoms. The van der Waals surface area contributed by atoms with Crippen molar-refractivity contribution in [2.45, 2.75) is 6.42 Å². The number of thiophene rings is 1. The maximum absolute atomic E-state index is 12.5. The summed E-state index contributed by atoms with van der Waals surface area (Å²) >= 11 is 7.27. The fourth-order valence-electron chi connectivity index (χ4n) is 2.40. The molecule has 1 aliphatic heterocycles. The average Bonchev–Trinajstić information content (AvgIpc) is 3.17. The van der Waals surface area contributed by atoms with Crippen LogP contribution < -0.4 is 0 Å². The van der Waals surface area contributed by atoms with Crippen LogP contribution in [0, 0.1) is 5.92 Å². The zero-order chi connectivity index (χ0) is 15.0. The summed E-state index contributed by atoms with van der Waals surface area (Å²) in [5.74, 6) is -1.55. The van der Waals surface area contributed by atoms with Gasteiger partial charge in [-0.1, -0.05) is 11.6 Å². The summed E-state index contributed by atoms with van der Waals surface area (Å²) in [4.78, 5) is 25.9. The quantitative estimate of drug-likeness (QED) is 0.907. The van der Waals surface area contributed by atoms with Crippen molar-refractivity contribution in [1.82, 2.24) is 15.1 Å². The van der Waals surface area contributed by atoms with Crippen LogP contribution in [0.3, 0.4) is 0 Å². The fourth-order valence-corrected chi connectivity index (χ4v) is 3.45. The van der Waals surface area contributed by atoms with Crippen LogP contribution in [-0.4, -0.2) is 45.2 Å². The molecule has 2 aromatic heterocycles. The molecule has 0 bridgehead atoms. The second-order valence-corrected chi connectivity index (χ2v) is 6.55. The zero-order valence-electron chi connectivity index (χ0n) is 10.9. The van der Waals surface area contributed by atoms with E-state index in [-0.39, 0.29) is 12.5 Å². The molecule has 1 fully saturated rings. The maximum Gasteiger partial charge on any atom is 0.308 e. The number of halogens is 1. The summed E-state index contributed by atoms with van der Waals surface area (Å²) in [6.45, 7) is 0.690. The van der Waals surface area contributed by atoms with Gasteiger partial charge in [-0.15, -0.1) is 11.3 Å². The summed E-state index contributed by atoms with van der Waals surface area (Å²) in [6.07, 6.45) is 1.96. The first-order chi connectivity index (χ1) is 10.1. The molecule has 0 aromatic carbocycles. The first-order valence-corrected chi connectivity index (χ1v) is 7.57. The number of amides is 1. The number of likely N-dealkylation sites (tertiary alicyclic amines) is 1. The molecule has 3 heterocycles. The van der Waals surface area contributed by atoms with Crippen LogP contribution in [0.1, 0.15) is 16.8 Å². The van der Waals surface area contributed by atoms with Gasteiger partial charge in [0.05, 0.1) is 32.6 Å². The molecular weight excluding hydrogens is 314 g/mol. The van der Waals surface area contributed by atoms with E-state index in [1.165, 1.54) is 17.5 Å². The topological polar surface area (TPSA) is 86.3 Å². The molecule has 2 aromatic rings. The van der Waals surface area contributed by atoms with E-state index in [0.717, 1.165) is 4.88 Å². The summed E-state index contributed by atoms with van der Waals surface area (Å²) in [7, 11) is 0. The van der Waals surface area contributed by atoms with Gasteiger partial charge in [-0.05, 0) is 18.6 Å². The predicted molar refractivity (Wildman–Crippen MR) is 78.6 cm³/mol. The molecule has 21 heavy (non-hydrogen) atoms. The fraction of sp³-hybridized carbons (Fsp3) is 0.308. The van der Waals surface area contributed by atoms with Crippen molar-refractivity contribution in [3.05, 3.63) is 28.2 Å². The SMILES string of the molecule is O=C(O)C1CCN(C(=O)c2cn[nH]c2-c2ccc(Cl)s2)C1. The third-order valence-electron chi connectivity index (χ3n) is 3.51. The molecule has 1 amide bonds. The highest BCUT2D eigenvalue weighted by molar-refractivity contribution is 7.19. The molecule has 1 unspecified atom stereocenters. The van der Waals surface area contributed by atoms with Gasteiger partial charge in [0.15, 0.2) is 0 Å². The molecule has 6 nitrogen and oxygen atoms in total. The summed E-state index contributed by atoms with van der Waals surface area (Å²) in [5.41, 5.74) is 1.07. The lowest BCUT2D eigenvalue weighted by Crippen LogP contribution is -2.30. The number of carboxylic acid groups (broad SMARTS) is 1. The minimum Gasteiger partial charge on any atom is -0.481 e. The smallest absolute Gasteiger partial charge is 0.308 e. The lowest BCUT2D eigenvalue weighted by Gasteiger charge is -2.15. The Kier molecular flexibility index (Phi) is 3.69. The molecule has 0 saturated carbocycles. The van der Waals surface area contributed by atoms with Crippen LogP contribution in [0.15, 0.2) is 18.3 Å². The molecular formula is C13H12ClN3O3S. The Morgan fingerprint density at radius 1 is 1.48 bits per heavy atom. The maximum atomic E-state index is 12.5. The van der Waals surface area contributed by atoms with E-state index < -0.39 is 11.9 Å². The number of carbonyl (C=O) groups excluding carboxylic acids is 1. The Balaban J connectivity index is 1.84. The number of carbonyl (C=O) groups is 2. The van der Waals surface area contributed by atoms with Gasteiger partial charge in [0, 0.05) is 13.1 Å².